The summed E-state index contributed by atoms with van der Waals surface area (Å²) >= 11 is 0. The van der Waals surface area contributed by atoms with Crippen molar-refractivity contribution in [3.63, 3.8) is 0 Å². The van der Waals surface area contributed by atoms with Crippen molar-refractivity contribution in [2.24, 2.45) is 5.73 Å². The van der Waals surface area contributed by atoms with E-state index in [-0.39, 0.29) is 18.4 Å². The predicted molar refractivity (Wildman–Crippen MR) is 109 cm³/mol. The van der Waals surface area contributed by atoms with Gasteiger partial charge in [-0.2, -0.15) is 0 Å². The summed E-state index contributed by atoms with van der Waals surface area (Å²) in [6, 6.07) is 15.5. The van der Waals surface area contributed by atoms with Crippen molar-refractivity contribution < 1.29 is 14.7 Å². The molecule has 0 aliphatic carbocycles. The Morgan fingerprint density at radius 3 is 2.61 bits per heavy atom. The molecule has 148 valence electrons. The van der Waals surface area contributed by atoms with Crippen LogP contribution in [0.15, 0.2) is 48.5 Å². The molecule has 1 fully saturated rings. The maximum atomic E-state index is 12.6. The average molecular weight is 381 g/mol. The van der Waals surface area contributed by atoms with Crippen LogP contribution in [0.5, 0.6) is 0 Å². The van der Waals surface area contributed by atoms with E-state index in [1.165, 1.54) is 0 Å². The third kappa shape index (κ3) is 4.77. The van der Waals surface area contributed by atoms with Crippen molar-refractivity contribution in [2.45, 2.75) is 25.5 Å². The Bertz CT molecular complexity index is 835. The zero-order valence-electron chi connectivity index (χ0n) is 16.2. The normalized spacial score (nSPS) is 16.7. The molecule has 1 saturated heterocycles. The van der Waals surface area contributed by atoms with Crippen LogP contribution in [0.25, 0.3) is 11.1 Å². The fourth-order valence-electron chi connectivity index (χ4n) is 3.49. The van der Waals surface area contributed by atoms with Gasteiger partial charge in [0.1, 0.15) is 0 Å². The van der Waals surface area contributed by atoms with Crippen molar-refractivity contribution in [3.8, 4) is 11.1 Å². The Labute approximate surface area is 165 Å². The number of nitrogens with zero attached hydrogens (tertiary/aromatic N) is 2. The molecular formula is C22H27N3O3. The highest BCUT2D eigenvalue weighted by Gasteiger charge is 2.22. The number of aliphatic hydroxyl groups is 1. The number of nitrogens with two attached hydrogens (primary N) is 1. The lowest BCUT2D eigenvalue weighted by Gasteiger charge is -2.30. The van der Waals surface area contributed by atoms with Gasteiger partial charge in [0, 0.05) is 32.2 Å². The molecule has 0 aromatic heterocycles. The molecule has 3 N–H and O–H groups in total. The Morgan fingerprint density at radius 2 is 1.93 bits per heavy atom. The molecule has 1 atom stereocenters. The van der Waals surface area contributed by atoms with Crippen LogP contribution in [0.1, 0.15) is 28.8 Å². The Balaban J connectivity index is 1.72. The number of hydrogen-bond donors (Lipinski definition) is 2. The van der Waals surface area contributed by atoms with Crippen LogP contribution in [0, 0.1) is 0 Å². The van der Waals surface area contributed by atoms with Crippen LogP contribution in [0.4, 0.5) is 0 Å². The molecule has 0 saturated carbocycles. The monoisotopic (exact) mass is 381 g/mol. The fraction of sp³-hybridized carbons (Fsp3) is 0.364. The van der Waals surface area contributed by atoms with Crippen molar-refractivity contribution >= 4 is 11.8 Å². The number of benzene rings is 2. The van der Waals surface area contributed by atoms with Crippen LogP contribution in [-0.2, 0) is 11.3 Å². The second-order valence-electron chi connectivity index (χ2n) is 7.28. The number of carbonyl (C=O) groups is 2. The highest BCUT2D eigenvalue weighted by atomic mass is 16.3. The maximum absolute atomic E-state index is 12.6. The molecule has 28 heavy (non-hydrogen) atoms. The van der Waals surface area contributed by atoms with Gasteiger partial charge in [0.05, 0.1) is 12.6 Å². The second-order valence-corrected chi connectivity index (χ2v) is 7.28. The van der Waals surface area contributed by atoms with Crippen LogP contribution in [-0.4, -0.2) is 59.5 Å². The van der Waals surface area contributed by atoms with Crippen LogP contribution in [0.3, 0.4) is 0 Å². The zero-order chi connectivity index (χ0) is 20.1. The van der Waals surface area contributed by atoms with Crippen LogP contribution < -0.4 is 5.73 Å². The van der Waals surface area contributed by atoms with Crippen molar-refractivity contribution in [3.05, 3.63) is 59.7 Å². The van der Waals surface area contributed by atoms with E-state index in [4.69, 9.17) is 5.73 Å². The number of likely N-dealkylation sites (N-methyl/N-ethyl adjacent to an activating group) is 1. The van der Waals surface area contributed by atoms with Gasteiger partial charge in [-0.15, -0.1) is 0 Å². The van der Waals surface area contributed by atoms with Gasteiger partial charge in [-0.25, -0.2) is 0 Å². The molecule has 6 heteroatoms. The first kappa shape index (κ1) is 20.0. The van der Waals surface area contributed by atoms with E-state index in [0.717, 1.165) is 29.5 Å². The van der Waals surface area contributed by atoms with Gasteiger partial charge in [0.15, 0.2) is 0 Å². The predicted octanol–water partition coefficient (Wildman–Crippen LogP) is 1.87. The molecule has 2 aromatic carbocycles. The van der Waals surface area contributed by atoms with Crippen molar-refractivity contribution in [2.75, 3.05) is 26.7 Å². The summed E-state index contributed by atoms with van der Waals surface area (Å²) in [6.07, 6.45) is 1.16. The highest BCUT2D eigenvalue weighted by Crippen LogP contribution is 2.23. The Kier molecular flexibility index (Phi) is 6.44. The number of piperidine rings is 1. The number of aliphatic hydroxyl groups excluding tert-OH is 1. The molecule has 1 heterocycles. The van der Waals surface area contributed by atoms with E-state index in [0.29, 0.717) is 25.2 Å². The number of β-amino-alcohol motifs (C(OH)–C–C–N with tert-alkyl or cyclic N) is 1. The van der Waals surface area contributed by atoms with Gasteiger partial charge < -0.3 is 20.6 Å². The summed E-state index contributed by atoms with van der Waals surface area (Å²) in [4.78, 5) is 27.6. The van der Waals surface area contributed by atoms with Crippen LogP contribution in [0.2, 0.25) is 0 Å². The molecule has 0 spiro atoms. The van der Waals surface area contributed by atoms with E-state index in [9.17, 15) is 14.7 Å². The minimum absolute atomic E-state index is 0.000271. The number of hydrogen-bond acceptors (Lipinski definition) is 4. The summed E-state index contributed by atoms with van der Waals surface area (Å²) in [5.74, 6) is -0.142. The summed E-state index contributed by atoms with van der Waals surface area (Å²) < 4.78 is 0. The lowest BCUT2D eigenvalue weighted by Crippen LogP contribution is -2.42. The molecule has 1 aliphatic heterocycles. The SMILES string of the molecule is CN(Cc1cccc(-c2ccc(C(=O)N3CCCC(O)C3)cc2)c1)C(=O)CN. The zero-order valence-corrected chi connectivity index (χ0v) is 16.2. The standard InChI is InChI=1S/C22H27N3O3/c1-24(21(27)13-23)14-16-4-2-5-19(12-16)17-7-9-18(10-8-17)22(28)25-11-3-6-20(26)15-25/h2,4-5,7-10,12,20,26H,3,6,11,13-15,23H2,1H3. The van der Waals surface area contributed by atoms with Gasteiger partial charge in [-0.1, -0.05) is 30.3 Å². The number of carbonyl (C=O) groups excluding carboxylic acids is 2. The molecule has 3 rings (SSSR count). The molecule has 0 bridgehead atoms. The second kappa shape index (κ2) is 8.99. The Morgan fingerprint density at radius 1 is 1.18 bits per heavy atom. The van der Waals surface area contributed by atoms with Gasteiger partial charge >= 0.3 is 0 Å². The minimum Gasteiger partial charge on any atom is -0.391 e. The van der Waals surface area contributed by atoms with Gasteiger partial charge in [0.25, 0.3) is 5.91 Å². The van der Waals surface area contributed by atoms with Gasteiger partial charge in [-0.05, 0) is 47.7 Å². The topological polar surface area (TPSA) is 86.9 Å². The maximum Gasteiger partial charge on any atom is 0.253 e. The van der Waals surface area contributed by atoms with Gasteiger partial charge in [0.2, 0.25) is 5.91 Å². The van der Waals surface area contributed by atoms with E-state index >= 15 is 0 Å². The average Bonchev–Trinajstić information content (AvgIpc) is 2.73. The first-order valence-corrected chi connectivity index (χ1v) is 9.58. The first-order valence-electron chi connectivity index (χ1n) is 9.58. The summed E-state index contributed by atoms with van der Waals surface area (Å²) in [7, 11) is 1.74. The minimum atomic E-state index is -0.427. The van der Waals surface area contributed by atoms with Crippen molar-refractivity contribution in [1.82, 2.24) is 9.80 Å². The molecule has 6 nitrogen and oxygen atoms in total. The van der Waals surface area contributed by atoms with Crippen LogP contribution >= 0.6 is 0 Å². The lowest BCUT2D eigenvalue weighted by molar-refractivity contribution is -0.128. The van der Waals surface area contributed by atoms with E-state index in [1.807, 2.05) is 48.5 Å². The Hall–Kier alpha value is -2.70. The van der Waals surface area contributed by atoms with Crippen molar-refractivity contribution in [1.29, 1.82) is 0 Å². The highest BCUT2D eigenvalue weighted by molar-refractivity contribution is 5.94. The largest absolute Gasteiger partial charge is 0.391 e. The lowest BCUT2D eigenvalue weighted by atomic mass is 10.0. The third-order valence-electron chi connectivity index (χ3n) is 5.10. The third-order valence-corrected chi connectivity index (χ3v) is 5.10. The van der Waals surface area contributed by atoms with E-state index in [2.05, 4.69) is 0 Å². The molecule has 1 unspecified atom stereocenters. The molecule has 1 aliphatic rings. The summed E-state index contributed by atoms with van der Waals surface area (Å²) in [5, 5.41) is 9.78. The van der Waals surface area contributed by atoms with Gasteiger partial charge in [-0.3, -0.25) is 9.59 Å². The summed E-state index contributed by atoms with van der Waals surface area (Å²) in [5.41, 5.74) is 9.09. The number of rotatable bonds is 5. The molecular weight excluding hydrogens is 354 g/mol. The first-order chi connectivity index (χ1) is 13.5. The molecule has 0 radical (unpaired) electrons. The van der Waals surface area contributed by atoms with E-state index < -0.39 is 6.10 Å². The molecule has 2 amide bonds. The number of likely N-dealkylation sites (tertiary alicyclic amines) is 1. The fourth-order valence-corrected chi connectivity index (χ4v) is 3.49. The van der Waals surface area contributed by atoms with E-state index in [1.54, 1.807) is 16.8 Å². The smallest absolute Gasteiger partial charge is 0.253 e. The quantitative estimate of drug-likeness (QED) is 0.828. The number of amides is 2. The summed E-state index contributed by atoms with van der Waals surface area (Å²) in [6.45, 7) is 1.59. The molecule has 2 aromatic rings.